The van der Waals surface area contributed by atoms with Crippen LogP contribution in [0.2, 0.25) is 0 Å². The van der Waals surface area contributed by atoms with E-state index in [9.17, 15) is 9.59 Å². The number of carbonyl (C=O) groups is 2. The van der Waals surface area contributed by atoms with Crippen molar-refractivity contribution in [2.45, 2.75) is 19.4 Å². The Hall–Kier alpha value is -1.56. The smallest absolute Gasteiger partial charge is 0.354 e. The summed E-state index contributed by atoms with van der Waals surface area (Å²) in [5, 5.41) is 8.88. The number of hydrogen-bond donors (Lipinski definition) is 1. The predicted octanol–water partition coefficient (Wildman–Crippen LogP) is 1.99. The molecule has 1 unspecified atom stereocenters. The lowest BCUT2D eigenvalue weighted by Gasteiger charge is -2.26. The summed E-state index contributed by atoms with van der Waals surface area (Å²) in [6, 6.07) is 4.57. The van der Waals surface area contributed by atoms with E-state index in [0.29, 0.717) is 0 Å². The van der Waals surface area contributed by atoms with Gasteiger partial charge in [0.15, 0.2) is 0 Å². The Kier molecular flexibility index (Phi) is 5.82. The fourth-order valence-corrected chi connectivity index (χ4v) is 2.56. The second kappa shape index (κ2) is 7.13. The third-order valence-corrected chi connectivity index (χ3v) is 3.60. The second-order valence-corrected chi connectivity index (χ2v) is 5.06. The highest BCUT2D eigenvalue weighted by Gasteiger charge is 2.21. The highest BCUT2D eigenvalue weighted by Crippen LogP contribution is 2.12. The molecule has 0 saturated carbocycles. The van der Waals surface area contributed by atoms with Crippen LogP contribution in [0.3, 0.4) is 0 Å². The molecule has 0 aromatic carbocycles. The first kappa shape index (κ1) is 15.5. The van der Waals surface area contributed by atoms with E-state index in [2.05, 4.69) is 4.98 Å². The molecule has 1 aromatic heterocycles. The number of carboxylic acids is 1. The third-order valence-electron chi connectivity index (χ3n) is 2.89. The van der Waals surface area contributed by atoms with Crippen LogP contribution in [0.15, 0.2) is 18.2 Å². The first-order valence-electron chi connectivity index (χ1n) is 5.97. The van der Waals surface area contributed by atoms with E-state index in [4.69, 9.17) is 5.11 Å². The zero-order valence-electron chi connectivity index (χ0n) is 11.3. The number of rotatable bonds is 6. The van der Waals surface area contributed by atoms with E-state index in [1.165, 1.54) is 18.2 Å². The quantitative estimate of drug-likeness (QED) is 0.864. The Labute approximate surface area is 117 Å². The molecule has 19 heavy (non-hydrogen) atoms. The van der Waals surface area contributed by atoms with Crippen LogP contribution in [0.5, 0.6) is 0 Å². The summed E-state index contributed by atoms with van der Waals surface area (Å²) in [5.74, 6) is -0.533. The summed E-state index contributed by atoms with van der Waals surface area (Å²) >= 11 is 1.67. The summed E-state index contributed by atoms with van der Waals surface area (Å²) in [6.07, 6.45) is 2.84. The lowest BCUT2D eigenvalue weighted by atomic mass is 10.2. The van der Waals surface area contributed by atoms with Crippen molar-refractivity contribution >= 4 is 23.6 Å². The lowest BCUT2D eigenvalue weighted by molar-refractivity contribution is 0.0689. The van der Waals surface area contributed by atoms with Crippen LogP contribution in [0.1, 0.15) is 34.3 Å². The number of amides is 1. The van der Waals surface area contributed by atoms with Crippen LogP contribution in [0.4, 0.5) is 0 Å². The van der Waals surface area contributed by atoms with Crippen LogP contribution in [-0.4, -0.2) is 52.0 Å². The number of carbonyl (C=O) groups excluding carboxylic acids is 1. The molecule has 5 nitrogen and oxygen atoms in total. The first-order valence-corrected chi connectivity index (χ1v) is 7.37. The van der Waals surface area contributed by atoms with Crippen molar-refractivity contribution in [2.75, 3.05) is 19.1 Å². The fraction of sp³-hybridized carbons (Fsp3) is 0.462. The van der Waals surface area contributed by atoms with Crippen molar-refractivity contribution in [2.24, 2.45) is 0 Å². The number of aromatic nitrogens is 1. The number of carboxylic acid groups (broad SMARTS) is 1. The van der Waals surface area contributed by atoms with E-state index in [0.717, 1.165) is 12.2 Å². The van der Waals surface area contributed by atoms with Gasteiger partial charge < -0.3 is 10.0 Å². The maximum atomic E-state index is 12.3. The Morgan fingerprint density at radius 3 is 2.58 bits per heavy atom. The van der Waals surface area contributed by atoms with E-state index in [1.807, 2.05) is 13.2 Å². The van der Waals surface area contributed by atoms with Crippen LogP contribution in [0.25, 0.3) is 0 Å². The van der Waals surface area contributed by atoms with Crippen LogP contribution in [-0.2, 0) is 0 Å². The van der Waals surface area contributed by atoms with E-state index < -0.39 is 5.97 Å². The van der Waals surface area contributed by atoms with E-state index >= 15 is 0 Å². The average molecular weight is 282 g/mol. The highest BCUT2D eigenvalue weighted by molar-refractivity contribution is 7.98. The van der Waals surface area contributed by atoms with Gasteiger partial charge in [-0.3, -0.25) is 4.79 Å². The van der Waals surface area contributed by atoms with Gasteiger partial charge in [0.2, 0.25) is 0 Å². The minimum Gasteiger partial charge on any atom is -0.477 e. The summed E-state index contributed by atoms with van der Waals surface area (Å²) < 4.78 is 0. The molecule has 6 heteroatoms. The summed E-state index contributed by atoms with van der Waals surface area (Å²) in [6.45, 7) is 2.02. The maximum Gasteiger partial charge on any atom is 0.354 e. The maximum absolute atomic E-state index is 12.3. The van der Waals surface area contributed by atoms with Gasteiger partial charge in [-0.25, -0.2) is 9.78 Å². The van der Waals surface area contributed by atoms with Gasteiger partial charge >= 0.3 is 5.97 Å². The van der Waals surface area contributed by atoms with Crippen molar-refractivity contribution in [3.8, 4) is 0 Å². The Morgan fingerprint density at radius 1 is 1.42 bits per heavy atom. The molecule has 104 valence electrons. The van der Waals surface area contributed by atoms with Crippen LogP contribution < -0.4 is 0 Å². The predicted molar refractivity (Wildman–Crippen MR) is 75.8 cm³/mol. The molecule has 0 radical (unpaired) electrons. The molecule has 0 aliphatic carbocycles. The third kappa shape index (κ3) is 3.96. The highest BCUT2D eigenvalue weighted by atomic mass is 32.2. The van der Waals surface area contributed by atoms with Gasteiger partial charge in [0.05, 0.1) is 0 Å². The van der Waals surface area contributed by atoms with Gasteiger partial charge in [0.25, 0.3) is 5.91 Å². The molecule has 0 bridgehead atoms. The average Bonchev–Trinajstić information content (AvgIpc) is 2.43. The monoisotopic (exact) mass is 282 g/mol. The number of hydrogen-bond acceptors (Lipinski definition) is 4. The van der Waals surface area contributed by atoms with E-state index in [1.54, 1.807) is 23.7 Å². The Balaban J connectivity index is 2.92. The molecular weight excluding hydrogens is 264 g/mol. The van der Waals surface area contributed by atoms with Crippen molar-refractivity contribution < 1.29 is 14.7 Å². The SMILES string of the molecule is CCC(CSC)N(C)C(=O)c1cccc(C(=O)O)n1. The van der Waals surface area contributed by atoms with Gasteiger partial charge in [-0.15, -0.1) is 0 Å². The van der Waals surface area contributed by atoms with Crippen molar-refractivity contribution in [1.82, 2.24) is 9.88 Å². The number of nitrogens with zero attached hydrogens (tertiary/aromatic N) is 2. The molecule has 0 spiro atoms. The minimum atomic E-state index is -1.13. The molecule has 0 aliphatic heterocycles. The molecule has 1 aromatic rings. The molecule has 1 rings (SSSR count). The molecule has 1 heterocycles. The zero-order chi connectivity index (χ0) is 14.4. The fourth-order valence-electron chi connectivity index (χ4n) is 1.72. The molecule has 1 atom stereocenters. The summed E-state index contributed by atoms with van der Waals surface area (Å²) in [5.41, 5.74) is 0.0547. The molecule has 0 fully saturated rings. The van der Waals surface area contributed by atoms with Gasteiger partial charge in [-0.1, -0.05) is 13.0 Å². The number of pyridine rings is 1. The Morgan fingerprint density at radius 2 is 2.05 bits per heavy atom. The number of aromatic carboxylic acids is 1. The molecule has 0 aliphatic rings. The van der Waals surface area contributed by atoms with Crippen LogP contribution >= 0.6 is 11.8 Å². The van der Waals surface area contributed by atoms with Gasteiger partial charge in [0.1, 0.15) is 11.4 Å². The first-order chi connectivity index (χ1) is 9.01. The minimum absolute atomic E-state index is 0.114. The topological polar surface area (TPSA) is 70.5 Å². The van der Waals surface area contributed by atoms with Gasteiger partial charge in [0, 0.05) is 18.8 Å². The zero-order valence-corrected chi connectivity index (χ0v) is 12.1. The van der Waals surface area contributed by atoms with Gasteiger partial charge in [-0.05, 0) is 24.8 Å². The van der Waals surface area contributed by atoms with Crippen molar-refractivity contribution in [3.05, 3.63) is 29.6 Å². The lowest BCUT2D eigenvalue weighted by Crippen LogP contribution is -2.38. The van der Waals surface area contributed by atoms with Crippen molar-refractivity contribution in [1.29, 1.82) is 0 Å². The largest absolute Gasteiger partial charge is 0.477 e. The Bertz CT molecular complexity index is 465. The molecular formula is C13H18N2O3S. The summed E-state index contributed by atoms with van der Waals surface area (Å²) in [7, 11) is 1.72. The normalized spacial score (nSPS) is 11.9. The standard InChI is InChI=1S/C13H18N2O3S/c1-4-9(8-19-3)15(2)12(16)10-6-5-7-11(14-10)13(17)18/h5-7,9H,4,8H2,1-3H3,(H,17,18). The molecule has 0 saturated heterocycles. The molecule has 1 amide bonds. The van der Waals surface area contributed by atoms with Crippen LogP contribution in [0, 0.1) is 0 Å². The molecule has 1 N–H and O–H groups in total. The van der Waals surface area contributed by atoms with Gasteiger partial charge in [-0.2, -0.15) is 11.8 Å². The number of thioether (sulfide) groups is 1. The second-order valence-electron chi connectivity index (χ2n) is 4.15. The summed E-state index contributed by atoms with van der Waals surface area (Å²) in [4.78, 5) is 28.6. The van der Waals surface area contributed by atoms with E-state index in [-0.39, 0.29) is 23.3 Å². The van der Waals surface area contributed by atoms with Crippen molar-refractivity contribution in [3.63, 3.8) is 0 Å².